The van der Waals surface area contributed by atoms with Crippen LogP contribution in [0, 0.1) is 5.92 Å². The van der Waals surface area contributed by atoms with Crippen LogP contribution < -0.4 is 5.73 Å². The minimum Gasteiger partial charge on any atom is -0.327 e. The van der Waals surface area contributed by atoms with Gasteiger partial charge in [-0.2, -0.15) is 13.2 Å². The molecular formula is C15H23F3N2S. The van der Waals surface area contributed by atoms with Crippen molar-refractivity contribution >= 4 is 11.8 Å². The van der Waals surface area contributed by atoms with Gasteiger partial charge in [0.15, 0.2) is 0 Å². The Balaban J connectivity index is 2.44. The van der Waals surface area contributed by atoms with Crippen molar-refractivity contribution in [2.75, 3.05) is 13.6 Å². The molecule has 0 bridgehead atoms. The second kappa shape index (κ2) is 8.06. The Morgan fingerprint density at radius 2 is 1.76 bits per heavy atom. The van der Waals surface area contributed by atoms with Crippen LogP contribution in [0.3, 0.4) is 0 Å². The number of benzene rings is 1. The topological polar surface area (TPSA) is 29.3 Å². The lowest BCUT2D eigenvalue weighted by molar-refractivity contribution is -0.0328. The van der Waals surface area contributed by atoms with Crippen molar-refractivity contribution in [1.29, 1.82) is 0 Å². The Morgan fingerprint density at radius 1 is 1.19 bits per heavy atom. The van der Waals surface area contributed by atoms with Gasteiger partial charge in [-0.3, -0.25) is 0 Å². The number of nitrogens with two attached hydrogens (primary N) is 1. The van der Waals surface area contributed by atoms with Gasteiger partial charge < -0.3 is 10.6 Å². The minimum absolute atomic E-state index is 0.0844. The SMILES string of the molecule is CC(C)C(N)CCN(C)Cc1ccc(SC(F)(F)F)cc1. The first kappa shape index (κ1) is 18.3. The Morgan fingerprint density at radius 3 is 2.24 bits per heavy atom. The summed E-state index contributed by atoms with van der Waals surface area (Å²) in [7, 11) is 1.99. The van der Waals surface area contributed by atoms with Gasteiger partial charge in [0.2, 0.25) is 0 Å². The molecule has 0 aliphatic heterocycles. The van der Waals surface area contributed by atoms with Crippen molar-refractivity contribution in [3.63, 3.8) is 0 Å². The molecule has 2 N–H and O–H groups in total. The zero-order valence-corrected chi connectivity index (χ0v) is 13.5. The highest BCUT2D eigenvalue weighted by Crippen LogP contribution is 2.36. The zero-order chi connectivity index (χ0) is 16.0. The van der Waals surface area contributed by atoms with E-state index in [2.05, 4.69) is 18.7 Å². The highest BCUT2D eigenvalue weighted by atomic mass is 32.2. The summed E-state index contributed by atoms with van der Waals surface area (Å²) in [6.45, 7) is 5.78. The molecule has 0 fully saturated rings. The average Bonchev–Trinajstić information content (AvgIpc) is 2.36. The Hall–Kier alpha value is -0.720. The van der Waals surface area contributed by atoms with Gasteiger partial charge in [0, 0.05) is 17.5 Å². The molecule has 1 unspecified atom stereocenters. The summed E-state index contributed by atoms with van der Waals surface area (Å²) in [6, 6.07) is 6.69. The van der Waals surface area contributed by atoms with Crippen molar-refractivity contribution < 1.29 is 13.2 Å². The summed E-state index contributed by atoms with van der Waals surface area (Å²) in [5, 5.41) is 0. The Labute approximate surface area is 128 Å². The number of halogens is 3. The molecule has 0 amide bonds. The predicted octanol–water partition coefficient (Wildman–Crippen LogP) is 4.10. The molecule has 0 radical (unpaired) electrons. The Kier molecular flexibility index (Phi) is 7.03. The van der Waals surface area contributed by atoms with Crippen LogP contribution in [0.5, 0.6) is 0 Å². The van der Waals surface area contributed by atoms with Crippen molar-refractivity contribution in [2.24, 2.45) is 11.7 Å². The van der Waals surface area contributed by atoms with E-state index in [1.165, 1.54) is 12.1 Å². The minimum atomic E-state index is -4.23. The lowest BCUT2D eigenvalue weighted by Crippen LogP contribution is -2.31. The second-order valence-electron chi connectivity index (χ2n) is 5.63. The predicted molar refractivity (Wildman–Crippen MR) is 82.1 cm³/mol. The van der Waals surface area contributed by atoms with Gasteiger partial charge in [-0.15, -0.1) is 0 Å². The van der Waals surface area contributed by atoms with Crippen molar-refractivity contribution in [1.82, 2.24) is 4.90 Å². The number of hydrogen-bond donors (Lipinski definition) is 1. The van der Waals surface area contributed by atoms with Crippen LogP contribution in [0.2, 0.25) is 0 Å². The molecule has 0 aliphatic carbocycles. The number of alkyl halides is 3. The third kappa shape index (κ3) is 7.74. The summed E-state index contributed by atoms with van der Waals surface area (Å²) in [6.07, 6.45) is 0.913. The second-order valence-corrected chi connectivity index (χ2v) is 6.76. The van der Waals surface area contributed by atoms with E-state index in [9.17, 15) is 13.2 Å². The lowest BCUT2D eigenvalue weighted by Gasteiger charge is -2.21. The quantitative estimate of drug-likeness (QED) is 0.767. The normalized spacial score (nSPS) is 14.0. The van der Waals surface area contributed by atoms with Gasteiger partial charge in [-0.25, -0.2) is 0 Å². The number of nitrogens with zero attached hydrogens (tertiary/aromatic N) is 1. The molecule has 1 aromatic carbocycles. The highest BCUT2D eigenvalue weighted by Gasteiger charge is 2.28. The van der Waals surface area contributed by atoms with Crippen LogP contribution in [0.4, 0.5) is 13.2 Å². The standard InChI is InChI=1S/C15H23F3N2S/c1-11(2)14(19)8-9-20(3)10-12-4-6-13(7-5-12)21-15(16,17)18/h4-7,11,14H,8-10,19H2,1-3H3. The van der Waals surface area contributed by atoms with Crippen LogP contribution in [-0.2, 0) is 6.54 Å². The summed E-state index contributed by atoms with van der Waals surface area (Å²) in [4.78, 5) is 2.35. The summed E-state index contributed by atoms with van der Waals surface area (Å²) in [5.74, 6) is 0.456. The zero-order valence-electron chi connectivity index (χ0n) is 12.7. The fraction of sp³-hybridized carbons (Fsp3) is 0.600. The molecule has 21 heavy (non-hydrogen) atoms. The first-order valence-corrected chi connectivity index (χ1v) is 7.78. The molecule has 0 heterocycles. The highest BCUT2D eigenvalue weighted by molar-refractivity contribution is 8.00. The van der Waals surface area contributed by atoms with Gasteiger partial charge in [0.1, 0.15) is 0 Å². The molecule has 120 valence electrons. The molecule has 0 spiro atoms. The van der Waals surface area contributed by atoms with Crippen LogP contribution in [0.25, 0.3) is 0 Å². The van der Waals surface area contributed by atoms with Gasteiger partial charge in [0.05, 0.1) is 0 Å². The number of thioether (sulfide) groups is 1. The van der Waals surface area contributed by atoms with E-state index in [0.29, 0.717) is 12.5 Å². The van der Waals surface area contributed by atoms with E-state index in [4.69, 9.17) is 5.73 Å². The molecular weight excluding hydrogens is 297 g/mol. The number of rotatable bonds is 7. The van der Waals surface area contributed by atoms with E-state index in [1.54, 1.807) is 12.1 Å². The fourth-order valence-corrected chi connectivity index (χ4v) is 2.43. The van der Waals surface area contributed by atoms with E-state index in [1.807, 2.05) is 7.05 Å². The van der Waals surface area contributed by atoms with Crippen molar-refractivity contribution in [3.8, 4) is 0 Å². The largest absolute Gasteiger partial charge is 0.446 e. The summed E-state index contributed by atoms with van der Waals surface area (Å²) >= 11 is -0.0844. The fourth-order valence-electron chi connectivity index (χ4n) is 1.89. The summed E-state index contributed by atoms with van der Waals surface area (Å²) in [5.41, 5.74) is 2.77. The Bertz CT molecular complexity index is 418. The van der Waals surface area contributed by atoms with Crippen molar-refractivity contribution in [2.45, 2.75) is 43.3 Å². The first-order chi connectivity index (χ1) is 9.67. The molecule has 6 heteroatoms. The third-order valence-corrected chi connectivity index (χ3v) is 4.05. The first-order valence-electron chi connectivity index (χ1n) is 6.96. The van der Waals surface area contributed by atoms with Gasteiger partial charge in [0.25, 0.3) is 0 Å². The maximum absolute atomic E-state index is 12.2. The lowest BCUT2D eigenvalue weighted by atomic mass is 10.0. The van der Waals surface area contributed by atoms with E-state index in [0.717, 1.165) is 18.5 Å². The van der Waals surface area contributed by atoms with E-state index >= 15 is 0 Å². The molecule has 2 nitrogen and oxygen atoms in total. The average molecular weight is 320 g/mol. The van der Waals surface area contributed by atoms with Gasteiger partial charge in [-0.05, 0) is 55.4 Å². The monoisotopic (exact) mass is 320 g/mol. The summed E-state index contributed by atoms with van der Waals surface area (Å²) < 4.78 is 36.7. The molecule has 0 saturated heterocycles. The molecule has 1 rings (SSSR count). The van der Waals surface area contributed by atoms with Gasteiger partial charge in [-0.1, -0.05) is 26.0 Å². The van der Waals surface area contributed by atoms with E-state index < -0.39 is 5.51 Å². The molecule has 0 aromatic heterocycles. The number of hydrogen-bond acceptors (Lipinski definition) is 3. The van der Waals surface area contributed by atoms with Crippen LogP contribution >= 0.6 is 11.8 Å². The van der Waals surface area contributed by atoms with Crippen molar-refractivity contribution in [3.05, 3.63) is 29.8 Å². The molecule has 1 atom stereocenters. The van der Waals surface area contributed by atoms with Crippen LogP contribution in [-0.4, -0.2) is 30.0 Å². The van der Waals surface area contributed by atoms with E-state index in [-0.39, 0.29) is 22.7 Å². The van der Waals surface area contributed by atoms with Gasteiger partial charge >= 0.3 is 5.51 Å². The third-order valence-electron chi connectivity index (χ3n) is 3.31. The molecule has 0 saturated carbocycles. The molecule has 0 aliphatic rings. The maximum Gasteiger partial charge on any atom is 0.446 e. The van der Waals surface area contributed by atoms with Crippen LogP contribution in [0.1, 0.15) is 25.8 Å². The maximum atomic E-state index is 12.2. The molecule has 1 aromatic rings. The van der Waals surface area contributed by atoms with Crippen LogP contribution in [0.15, 0.2) is 29.2 Å². The smallest absolute Gasteiger partial charge is 0.327 e.